The minimum atomic E-state index is 0.336. The third kappa shape index (κ3) is 3.12. The molecule has 0 saturated carbocycles. The summed E-state index contributed by atoms with van der Waals surface area (Å²) in [4.78, 5) is 1.53. The van der Waals surface area contributed by atoms with Gasteiger partial charge >= 0.3 is 0 Å². The Balaban J connectivity index is 2.49. The van der Waals surface area contributed by atoms with Gasteiger partial charge in [-0.1, -0.05) is 6.92 Å². The van der Waals surface area contributed by atoms with E-state index in [0.29, 0.717) is 12.0 Å². The summed E-state index contributed by atoms with van der Waals surface area (Å²) < 4.78 is 0. The molecular formula is C11H19NS. The van der Waals surface area contributed by atoms with E-state index in [0.717, 1.165) is 6.42 Å². The molecule has 2 atom stereocenters. The van der Waals surface area contributed by atoms with Gasteiger partial charge in [0.1, 0.15) is 0 Å². The van der Waals surface area contributed by atoms with E-state index in [-0.39, 0.29) is 0 Å². The van der Waals surface area contributed by atoms with Crippen LogP contribution in [-0.2, 0) is 0 Å². The van der Waals surface area contributed by atoms with Crippen molar-refractivity contribution in [2.75, 3.05) is 0 Å². The van der Waals surface area contributed by atoms with Crippen molar-refractivity contribution >= 4 is 11.3 Å². The first-order valence-corrected chi connectivity index (χ1v) is 5.78. The molecule has 2 heteroatoms. The molecule has 2 N–H and O–H groups in total. The van der Waals surface area contributed by atoms with Crippen molar-refractivity contribution in [2.24, 2.45) is 5.73 Å². The molecule has 0 bridgehead atoms. The van der Waals surface area contributed by atoms with Crippen LogP contribution >= 0.6 is 11.3 Å². The molecule has 13 heavy (non-hydrogen) atoms. The van der Waals surface area contributed by atoms with Gasteiger partial charge in [-0.3, -0.25) is 0 Å². The van der Waals surface area contributed by atoms with Crippen molar-refractivity contribution in [3.05, 3.63) is 21.9 Å². The van der Waals surface area contributed by atoms with E-state index in [4.69, 9.17) is 5.73 Å². The van der Waals surface area contributed by atoms with Crippen LogP contribution in [-0.4, -0.2) is 6.04 Å². The SMILES string of the molecule is Cc1ccsc1C(C)CCC(C)N. The number of thiophene rings is 1. The molecule has 2 unspecified atom stereocenters. The monoisotopic (exact) mass is 197 g/mol. The van der Waals surface area contributed by atoms with Crippen LogP contribution in [0.15, 0.2) is 11.4 Å². The molecule has 1 rings (SSSR count). The molecule has 74 valence electrons. The van der Waals surface area contributed by atoms with Crippen molar-refractivity contribution < 1.29 is 0 Å². The van der Waals surface area contributed by atoms with Crippen molar-refractivity contribution in [3.8, 4) is 0 Å². The molecule has 0 aliphatic rings. The second-order valence-electron chi connectivity index (χ2n) is 3.92. The molecule has 0 radical (unpaired) electrons. The maximum atomic E-state index is 5.74. The number of nitrogens with two attached hydrogens (primary N) is 1. The highest BCUT2D eigenvalue weighted by atomic mass is 32.1. The lowest BCUT2D eigenvalue weighted by molar-refractivity contribution is 0.572. The molecule has 0 saturated heterocycles. The molecule has 1 aromatic heterocycles. The van der Waals surface area contributed by atoms with Crippen LogP contribution in [0.1, 0.15) is 43.0 Å². The molecule has 0 spiro atoms. The van der Waals surface area contributed by atoms with Crippen molar-refractivity contribution in [1.29, 1.82) is 0 Å². The van der Waals surface area contributed by atoms with E-state index >= 15 is 0 Å². The molecule has 0 aliphatic carbocycles. The minimum Gasteiger partial charge on any atom is -0.328 e. The molecule has 1 heterocycles. The van der Waals surface area contributed by atoms with E-state index in [2.05, 4.69) is 32.2 Å². The van der Waals surface area contributed by atoms with Gasteiger partial charge in [-0.2, -0.15) is 0 Å². The lowest BCUT2D eigenvalue weighted by atomic mass is 9.99. The lowest BCUT2D eigenvalue weighted by Crippen LogP contribution is -2.15. The Hall–Kier alpha value is -0.340. The molecule has 0 aliphatic heterocycles. The molecule has 0 fully saturated rings. The fraction of sp³-hybridized carbons (Fsp3) is 0.636. The average molecular weight is 197 g/mol. The summed E-state index contributed by atoms with van der Waals surface area (Å²) in [5.74, 6) is 0.672. The first kappa shape index (κ1) is 10.7. The Kier molecular flexibility index (Phi) is 3.94. The standard InChI is InChI=1S/C11H19NS/c1-8(4-5-10(3)12)11-9(2)6-7-13-11/h6-8,10H,4-5,12H2,1-3H3. The van der Waals surface area contributed by atoms with Gasteiger partial charge in [-0.05, 0) is 49.6 Å². The first-order valence-electron chi connectivity index (χ1n) is 4.91. The van der Waals surface area contributed by atoms with Crippen LogP contribution in [0.3, 0.4) is 0 Å². The van der Waals surface area contributed by atoms with Gasteiger partial charge in [-0.25, -0.2) is 0 Å². The summed E-state index contributed by atoms with van der Waals surface area (Å²) >= 11 is 1.87. The van der Waals surface area contributed by atoms with E-state index in [9.17, 15) is 0 Å². The zero-order valence-corrected chi connectivity index (χ0v) is 9.53. The maximum Gasteiger partial charge on any atom is 0.0103 e. The largest absolute Gasteiger partial charge is 0.328 e. The second-order valence-corrected chi connectivity index (χ2v) is 4.87. The Morgan fingerprint density at radius 1 is 1.38 bits per heavy atom. The van der Waals surface area contributed by atoms with Crippen LogP contribution in [0.2, 0.25) is 0 Å². The van der Waals surface area contributed by atoms with Crippen LogP contribution in [0.4, 0.5) is 0 Å². The van der Waals surface area contributed by atoms with Crippen molar-refractivity contribution in [1.82, 2.24) is 0 Å². The van der Waals surface area contributed by atoms with E-state index < -0.39 is 0 Å². The summed E-state index contributed by atoms with van der Waals surface area (Å²) in [6.07, 6.45) is 2.33. The summed E-state index contributed by atoms with van der Waals surface area (Å²) in [6.45, 7) is 6.56. The average Bonchev–Trinajstić information content (AvgIpc) is 2.47. The van der Waals surface area contributed by atoms with Gasteiger partial charge in [0, 0.05) is 10.9 Å². The third-order valence-corrected chi connectivity index (χ3v) is 3.65. The summed E-state index contributed by atoms with van der Waals surface area (Å²) in [5, 5.41) is 2.17. The Morgan fingerprint density at radius 3 is 2.54 bits per heavy atom. The zero-order chi connectivity index (χ0) is 9.84. The number of rotatable bonds is 4. The van der Waals surface area contributed by atoms with Crippen LogP contribution in [0, 0.1) is 6.92 Å². The van der Waals surface area contributed by atoms with Gasteiger partial charge in [0.2, 0.25) is 0 Å². The predicted octanol–water partition coefficient (Wildman–Crippen LogP) is 3.29. The molecular weight excluding hydrogens is 178 g/mol. The van der Waals surface area contributed by atoms with Crippen molar-refractivity contribution in [3.63, 3.8) is 0 Å². The molecule has 0 aromatic carbocycles. The molecule has 0 amide bonds. The Morgan fingerprint density at radius 2 is 2.08 bits per heavy atom. The molecule has 1 aromatic rings. The highest BCUT2D eigenvalue weighted by Crippen LogP contribution is 2.28. The highest BCUT2D eigenvalue weighted by Gasteiger charge is 2.10. The number of aryl methyl sites for hydroxylation is 1. The Labute approximate surface area is 85.0 Å². The van der Waals surface area contributed by atoms with E-state index in [1.165, 1.54) is 16.9 Å². The van der Waals surface area contributed by atoms with Gasteiger partial charge in [0.15, 0.2) is 0 Å². The predicted molar refractivity (Wildman–Crippen MR) is 60.4 cm³/mol. The quantitative estimate of drug-likeness (QED) is 0.787. The van der Waals surface area contributed by atoms with E-state index in [1.54, 1.807) is 0 Å². The van der Waals surface area contributed by atoms with Crippen LogP contribution in [0.5, 0.6) is 0 Å². The van der Waals surface area contributed by atoms with Gasteiger partial charge in [0.05, 0.1) is 0 Å². The summed E-state index contributed by atoms with van der Waals surface area (Å²) in [6, 6.07) is 2.53. The fourth-order valence-corrected chi connectivity index (χ4v) is 2.56. The summed E-state index contributed by atoms with van der Waals surface area (Å²) in [5.41, 5.74) is 7.17. The maximum absolute atomic E-state index is 5.74. The highest BCUT2D eigenvalue weighted by molar-refractivity contribution is 7.10. The fourth-order valence-electron chi connectivity index (χ4n) is 1.53. The van der Waals surface area contributed by atoms with Gasteiger partial charge in [-0.15, -0.1) is 11.3 Å². The zero-order valence-electron chi connectivity index (χ0n) is 8.71. The van der Waals surface area contributed by atoms with Crippen molar-refractivity contribution in [2.45, 2.75) is 45.6 Å². The second kappa shape index (κ2) is 4.77. The molecule has 1 nitrogen and oxygen atoms in total. The summed E-state index contributed by atoms with van der Waals surface area (Å²) in [7, 11) is 0. The number of hydrogen-bond donors (Lipinski definition) is 1. The normalized spacial score (nSPS) is 15.7. The van der Waals surface area contributed by atoms with Crippen LogP contribution in [0.25, 0.3) is 0 Å². The van der Waals surface area contributed by atoms with Gasteiger partial charge < -0.3 is 5.73 Å². The minimum absolute atomic E-state index is 0.336. The first-order chi connectivity index (χ1) is 6.11. The Bertz CT molecular complexity index is 252. The van der Waals surface area contributed by atoms with Gasteiger partial charge in [0.25, 0.3) is 0 Å². The number of hydrogen-bond acceptors (Lipinski definition) is 2. The van der Waals surface area contributed by atoms with Crippen LogP contribution < -0.4 is 5.73 Å². The third-order valence-electron chi connectivity index (χ3n) is 2.40. The van der Waals surface area contributed by atoms with E-state index in [1.807, 2.05) is 11.3 Å². The smallest absolute Gasteiger partial charge is 0.0103 e. The lowest BCUT2D eigenvalue weighted by Gasteiger charge is -2.12. The topological polar surface area (TPSA) is 26.0 Å².